The third kappa shape index (κ3) is 4.99. The second kappa shape index (κ2) is 7.62. The van der Waals surface area contributed by atoms with Gasteiger partial charge in [0.2, 0.25) is 0 Å². The van der Waals surface area contributed by atoms with E-state index in [4.69, 9.17) is 27.2 Å². The molecule has 0 aliphatic rings. The van der Waals surface area contributed by atoms with Gasteiger partial charge in [-0.2, -0.15) is 0 Å². The van der Waals surface area contributed by atoms with Gasteiger partial charge in [0.15, 0.2) is 0 Å². The average molecular weight is 302 g/mol. The molecule has 1 atom stereocenters. The van der Waals surface area contributed by atoms with Crippen molar-refractivity contribution < 1.29 is 23.8 Å². The molecule has 0 radical (unpaired) electrons. The number of carbonyl (C=O) groups is 2. The standard InChI is InChI=1S/C13H13ClFNO4/c14-9-3-1-2-8(12(9)15)4-5-11(17)20-7-6-10(16)13(18)19/h1-5,10H,6-7,16H2,(H,18,19)/b5-4+/t10-/m0/s1. The number of carboxylic acid groups (broad SMARTS) is 1. The number of halogens is 2. The number of carboxylic acids is 1. The molecule has 3 N–H and O–H groups in total. The number of aliphatic carboxylic acids is 1. The van der Waals surface area contributed by atoms with Gasteiger partial charge in [0.1, 0.15) is 11.9 Å². The van der Waals surface area contributed by atoms with Crippen LogP contribution in [0.5, 0.6) is 0 Å². The van der Waals surface area contributed by atoms with Crippen LogP contribution in [0, 0.1) is 5.82 Å². The normalized spacial score (nSPS) is 12.3. The molecule has 0 amide bonds. The molecule has 1 aromatic carbocycles. The van der Waals surface area contributed by atoms with Gasteiger partial charge in [-0.05, 0) is 12.1 Å². The van der Waals surface area contributed by atoms with Crippen molar-refractivity contribution in [1.29, 1.82) is 0 Å². The van der Waals surface area contributed by atoms with Crippen molar-refractivity contribution in [2.24, 2.45) is 5.73 Å². The van der Waals surface area contributed by atoms with Gasteiger partial charge in [0.25, 0.3) is 0 Å². The van der Waals surface area contributed by atoms with Crippen LogP contribution >= 0.6 is 11.6 Å². The summed E-state index contributed by atoms with van der Waals surface area (Å²) in [5.41, 5.74) is 5.38. The highest BCUT2D eigenvalue weighted by Gasteiger charge is 2.11. The molecule has 1 rings (SSSR count). The maximum Gasteiger partial charge on any atom is 0.330 e. The van der Waals surface area contributed by atoms with Crippen LogP contribution in [0.25, 0.3) is 6.08 Å². The van der Waals surface area contributed by atoms with E-state index in [-0.39, 0.29) is 23.6 Å². The molecule has 108 valence electrons. The topological polar surface area (TPSA) is 89.6 Å². The van der Waals surface area contributed by atoms with E-state index >= 15 is 0 Å². The number of nitrogens with two attached hydrogens (primary N) is 1. The first-order chi connectivity index (χ1) is 9.41. The molecule has 0 spiro atoms. The summed E-state index contributed by atoms with van der Waals surface area (Å²) < 4.78 is 18.2. The molecule has 0 unspecified atom stereocenters. The molecular formula is C13H13ClFNO4. The third-order valence-corrected chi connectivity index (χ3v) is 2.66. The SMILES string of the molecule is N[C@@H](CCOC(=O)/C=C/c1cccc(Cl)c1F)C(=O)O. The molecule has 0 aliphatic heterocycles. The molecule has 20 heavy (non-hydrogen) atoms. The summed E-state index contributed by atoms with van der Waals surface area (Å²) in [6.45, 7) is -0.130. The van der Waals surface area contributed by atoms with Crippen molar-refractivity contribution in [3.8, 4) is 0 Å². The van der Waals surface area contributed by atoms with Crippen molar-refractivity contribution in [3.63, 3.8) is 0 Å². The van der Waals surface area contributed by atoms with E-state index in [0.717, 1.165) is 6.08 Å². The van der Waals surface area contributed by atoms with Crippen LogP contribution in [0.3, 0.4) is 0 Å². The summed E-state index contributed by atoms with van der Waals surface area (Å²) >= 11 is 5.58. The Balaban J connectivity index is 2.48. The van der Waals surface area contributed by atoms with Crippen molar-refractivity contribution in [2.75, 3.05) is 6.61 Å². The maximum atomic E-state index is 13.5. The first-order valence-electron chi connectivity index (χ1n) is 5.69. The first-order valence-corrected chi connectivity index (χ1v) is 6.07. The Hall–Kier alpha value is -1.92. The highest BCUT2D eigenvalue weighted by molar-refractivity contribution is 6.30. The number of hydrogen-bond donors (Lipinski definition) is 2. The fraction of sp³-hybridized carbons (Fsp3) is 0.231. The highest BCUT2D eigenvalue weighted by atomic mass is 35.5. The van der Waals surface area contributed by atoms with Crippen LogP contribution in [-0.4, -0.2) is 29.7 Å². The molecule has 0 saturated carbocycles. The van der Waals surface area contributed by atoms with Gasteiger partial charge in [-0.3, -0.25) is 4.79 Å². The smallest absolute Gasteiger partial charge is 0.330 e. The first kappa shape index (κ1) is 16.1. The van der Waals surface area contributed by atoms with E-state index in [0.29, 0.717) is 0 Å². The Kier molecular flexibility index (Phi) is 6.14. The Morgan fingerprint density at radius 3 is 2.85 bits per heavy atom. The predicted molar refractivity (Wildman–Crippen MR) is 71.6 cm³/mol. The van der Waals surface area contributed by atoms with Gasteiger partial charge in [-0.15, -0.1) is 0 Å². The van der Waals surface area contributed by atoms with Crippen molar-refractivity contribution >= 4 is 29.6 Å². The fourth-order valence-electron chi connectivity index (χ4n) is 1.27. The van der Waals surface area contributed by atoms with Crippen LogP contribution in [0.15, 0.2) is 24.3 Å². The zero-order chi connectivity index (χ0) is 15.1. The zero-order valence-corrected chi connectivity index (χ0v) is 11.1. The van der Waals surface area contributed by atoms with Crippen molar-refractivity contribution in [3.05, 3.63) is 40.7 Å². The minimum atomic E-state index is -1.17. The van der Waals surface area contributed by atoms with E-state index in [1.807, 2.05) is 0 Å². The minimum Gasteiger partial charge on any atom is -0.480 e. The van der Waals surface area contributed by atoms with Gasteiger partial charge in [-0.1, -0.05) is 23.7 Å². The summed E-state index contributed by atoms with van der Waals surface area (Å²) in [5, 5.41) is 8.47. The summed E-state index contributed by atoms with van der Waals surface area (Å²) in [6, 6.07) is 3.30. The van der Waals surface area contributed by atoms with E-state index in [1.54, 1.807) is 6.07 Å². The van der Waals surface area contributed by atoms with Crippen LogP contribution < -0.4 is 5.73 Å². The average Bonchev–Trinajstić information content (AvgIpc) is 2.40. The number of benzene rings is 1. The lowest BCUT2D eigenvalue weighted by atomic mass is 10.2. The van der Waals surface area contributed by atoms with Gasteiger partial charge in [-0.25, -0.2) is 9.18 Å². The van der Waals surface area contributed by atoms with Crippen LogP contribution in [0.1, 0.15) is 12.0 Å². The van der Waals surface area contributed by atoms with E-state index in [1.165, 1.54) is 18.2 Å². The Morgan fingerprint density at radius 1 is 1.50 bits per heavy atom. The molecule has 0 bridgehead atoms. The molecule has 0 aromatic heterocycles. The number of esters is 1. The van der Waals surface area contributed by atoms with Crippen molar-refractivity contribution in [1.82, 2.24) is 0 Å². The Labute approximate surface area is 119 Å². The van der Waals surface area contributed by atoms with Crippen LogP contribution in [0.4, 0.5) is 4.39 Å². The molecule has 7 heteroatoms. The maximum absolute atomic E-state index is 13.5. The van der Waals surface area contributed by atoms with E-state index in [9.17, 15) is 14.0 Å². The molecule has 5 nitrogen and oxygen atoms in total. The van der Waals surface area contributed by atoms with E-state index < -0.39 is 23.8 Å². The predicted octanol–water partition coefficient (Wildman–Crippen LogP) is 1.84. The second-order valence-electron chi connectivity index (χ2n) is 3.88. The van der Waals surface area contributed by atoms with Gasteiger partial charge in [0.05, 0.1) is 11.6 Å². The lowest BCUT2D eigenvalue weighted by molar-refractivity contribution is -0.142. The number of rotatable bonds is 6. The van der Waals surface area contributed by atoms with Crippen molar-refractivity contribution in [2.45, 2.75) is 12.5 Å². The number of hydrogen-bond acceptors (Lipinski definition) is 4. The number of carbonyl (C=O) groups excluding carboxylic acids is 1. The third-order valence-electron chi connectivity index (χ3n) is 2.37. The van der Waals surface area contributed by atoms with E-state index in [2.05, 4.69) is 0 Å². The fourth-order valence-corrected chi connectivity index (χ4v) is 1.45. The second-order valence-corrected chi connectivity index (χ2v) is 4.28. The van der Waals surface area contributed by atoms with Crippen LogP contribution in [0.2, 0.25) is 5.02 Å². The molecular weight excluding hydrogens is 289 g/mol. The van der Waals surface area contributed by atoms with Crippen LogP contribution in [-0.2, 0) is 14.3 Å². The monoisotopic (exact) mass is 301 g/mol. The molecule has 0 fully saturated rings. The molecule has 0 saturated heterocycles. The van der Waals surface area contributed by atoms with Gasteiger partial charge in [0, 0.05) is 18.1 Å². The Morgan fingerprint density at radius 2 is 2.20 bits per heavy atom. The Bertz CT molecular complexity index is 533. The lowest BCUT2D eigenvalue weighted by Gasteiger charge is -2.05. The molecule has 1 aromatic rings. The quantitative estimate of drug-likeness (QED) is 0.618. The summed E-state index contributed by atoms with van der Waals surface area (Å²) in [6.07, 6.45) is 2.25. The summed E-state index contributed by atoms with van der Waals surface area (Å²) in [4.78, 5) is 21.7. The molecule has 0 aliphatic carbocycles. The van der Waals surface area contributed by atoms with Gasteiger partial charge < -0.3 is 15.6 Å². The summed E-state index contributed by atoms with van der Waals surface area (Å²) in [7, 11) is 0. The minimum absolute atomic E-state index is 0.000436. The highest BCUT2D eigenvalue weighted by Crippen LogP contribution is 2.18. The molecule has 0 heterocycles. The number of ether oxygens (including phenoxy) is 1. The largest absolute Gasteiger partial charge is 0.480 e. The zero-order valence-electron chi connectivity index (χ0n) is 10.4. The lowest BCUT2D eigenvalue weighted by Crippen LogP contribution is -2.31. The summed E-state index contributed by atoms with van der Waals surface area (Å²) in [5.74, 6) is -2.52. The van der Waals surface area contributed by atoms with Gasteiger partial charge >= 0.3 is 11.9 Å².